The maximum atomic E-state index is 11.5. The van der Waals surface area contributed by atoms with E-state index in [0.29, 0.717) is 6.42 Å². The fourth-order valence-corrected chi connectivity index (χ4v) is 2.51. The van der Waals surface area contributed by atoms with Gasteiger partial charge in [-0.3, -0.25) is 4.79 Å². The maximum Gasteiger partial charge on any atom is 0.226 e. The largest absolute Gasteiger partial charge is 0.369 e. The minimum atomic E-state index is 0.137. The summed E-state index contributed by atoms with van der Waals surface area (Å²) in [5.41, 5.74) is 3.63. The Hall–Kier alpha value is -1.51. The van der Waals surface area contributed by atoms with Gasteiger partial charge in [-0.2, -0.15) is 0 Å². The highest BCUT2D eigenvalue weighted by atomic mass is 16.1. The fourth-order valence-electron chi connectivity index (χ4n) is 2.51. The van der Waals surface area contributed by atoms with Gasteiger partial charge in [-0.1, -0.05) is 12.1 Å². The van der Waals surface area contributed by atoms with Crippen molar-refractivity contribution >= 4 is 17.3 Å². The molecule has 0 bridgehead atoms. The lowest BCUT2D eigenvalue weighted by Crippen LogP contribution is -2.29. The number of carbonyl (C=O) groups excluding carboxylic acids is 1. The Morgan fingerprint density at radius 3 is 3.07 bits per heavy atom. The van der Waals surface area contributed by atoms with Gasteiger partial charge in [-0.15, -0.1) is 0 Å². The molecule has 0 radical (unpaired) electrons. The third-order valence-corrected chi connectivity index (χ3v) is 3.19. The Kier molecular flexibility index (Phi) is 1.91. The van der Waals surface area contributed by atoms with E-state index in [1.54, 1.807) is 0 Å². The smallest absolute Gasteiger partial charge is 0.226 e. The topological polar surface area (TPSA) is 32.3 Å². The van der Waals surface area contributed by atoms with Crippen LogP contribution in [0.3, 0.4) is 0 Å². The molecule has 78 valence electrons. The number of amides is 1. The van der Waals surface area contributed by atoms with Gasteiger partial charge in [0.1, 0.15) is 0 Å². The SMILES string of the molecule is O=C1CCN2CCCc3cccc(c32)N1. The van der Waals surface area contributed by atoms with E-state index >= 15 is 0 Å². The Balaban J connectivity index is 2.15. The number of nitrogens with one attached hydrogen (secondary N) is 1. The summed E-state index contributed by atoms with van der Waals surface area (Å²) in [7, 11) is 0. The zero-order valence-corrected chi connectivity index (χ0v) is 8.62. The molecule has 1 aromatic carbocycles. The standard InChI is InChI=1S/C12H14N2O/c15-11-6-8-14-7-2-4-9-3-1-5-10(13-11)12(9)14/h1,3,5H,2,4,6-8H2,(H,13,15). The number of nitrogens with zero attached hydrogens (tertiary/aromatic N) is 1. The Morgan fingerprint density at radius 2 is 2.13 bits per heavy atom. The number of hydrogen-bond acceptors (Lipinski definition) is 2. The molecule has 15 heavy (non-hydrogen) atoms. The molecule has 1 aromatic rings. The maximum absolute atomic E-state index is 11.5. The first-order valence-corrected chi connectivity index (χ1v) is 5.51. The number of aryl methyl sites for hydroxylation is 1. The van der Waals surface area contributed by atoms with Crippen molar-refractivity contribution in [3.63, 3.8) is 0 Å². The molecular formula is C12H14N2O. The number of anilines is 2. The van der Waals surface area contributed by atoms with Gasteiger partial charge in [0.25, 0.3) is 0 Å². The molecule has 2 aliphatic heterocycles. The fraction of sp³-hybridized carbons (Fsp3) is 0.417. The molecule has 0 saturated carbocycles. The van der Waals surface area contributed by atoms with Crippen LogP contribution in [0.15, 0.2) is 18.2 Å². The zero-order chi connectivity index (χ0) is 10.3. The molecular weight excluding hydrogens is 188 g/mol. The Bertz CT molecular complexity index is 414. The number of para-hydroxylation sites is 1. The van der Waals surface area contributed by atoms with Crippen LogP contribution < -0.4 is 10.2 Å². The molecule has 0 atom stereocenters. The summed E-state index contributed by atoms with van der Waals surface area (Å²) >= 11 is 0. The van der Waals surface area contributed by atoms with Crippen molar-refractivity contribution in [3.05, 3.63) is 23.8 Å². The highest BCUT2D eigenvalue weighted by Gasteiger charge is 2.24. The highest BCUT2D eigenvalue weighted by molar-refractivity contribution is 5.97. The summed E-state index contributed by atoms with van der Waals surface area (Å²) in [5.74, 6) is 0.137. The van der Waals surface area contributed by atoms with Gasteiger partial charge in [0, 0.05) is 19.5 Å². The van der Waals surface area contributed by atoms with Crippen molar-refractivity contribution in [1.29, 1.82) is 0 Å². The molecule has 3 nitrogen and oxygen atoms in total. The molecule has 2 heterocycles. The first-order valence-electron chi connectivity index (χ1n) is 5.51. The van der Waals surface area contributed by atoms with Crippen molar-refractivity contribution < 1.29 is 4.79 Å². The van der Waals surface area contributed by atoms with Crippen molar-refractivity contribution in [2.45, 2.75) is 19.3 Å². The second-order valence-electron chi connectivity index (χ2n) is 4.20. The number of rotatable bonds is 0. The summed E-state index contributed by atoms with van der Waals surface area (Å²) in [6.45, 7) is 1.94. The van der Waals surface area contributed by atoms with E-state index < -0.39 is 0 Å². The molecule has 0 unspecified atom stereocenters. The summed E-state index contributed by atoms with van der Waals surface area (Å²) in [4.78, 5) is 13.8. The minimum Gasteiger partial charge on any atom is -0.369 e. The lowest BCUT2D eigenvalue weighted by Gasteiger charge is -2.30. The van der Waals surface area contributed by atoms with Gasteiger partial charge in [-0.25, -0.2) is 0 Å². The van der Waals surface area contributed by atoms with Crippen LogP contribution in [0, 0.1) is 0 Å². The van der Waals surface area contributed by atoms with E-state index in [2.05, 4.69) is 16.3 Å². The second-order valence-corrected chi connectivity index (χ2v) is 4.20. The van der Waals surface area contributed by atoms with Crippen LogP contribution in [-0.4, -0.2) is 19.0 Å². The zero-order valence-electron chi connectivity index (χ0n) is 8.62. The van der Waals surface area contributed by atoms with Gasteiger partial charge >= 0.3 is 0 Å². The van der Waals surface area contributed by atoms with Gasteiger partial charge < -0.3 is 10.2 Å². The molecule has 3 rings (SSSR count). The van der Waals surface area contributed by atoms with Crippen LogP contribution in [-0.2, 0) is 11.2 Å². The third-order valence-electron chi connectivity index (χ3n) is 3.19. The third kappa shape index (κ3) is 1.39. The van der Waals surface area contributed by atoms with E-state index in [-0.39, 0.29) is 5.91 Å². The normalized spacial score (nSPS) is 19.2. The molecule has 1 amide bonds. The van der Waals surface area contributed by atoms with Crippen molar-refractivity contribution in [2.24, 2.45) is 0 Å². The first kappa shape index (κ1) is 8.77. The second kappa shape index (κ2) is 3.26. The van der Waals surface area contributed by atoms with Crippen LogP contribution in [0.25, 0.3) is 0 Å². The average molecular weight is 202 g/mol. The van der Waals surface area contributed by atoms with Crippen molar-refractivity contribution in [3.8, 4) is 0 Å². The lowest BCUT2D eigenvalue weighted by molar-refractivity contribution is -0.115. The van der Waals surface area contributed by atoms with Gasteiger partial charge in [0.05, 0.1) is 11.4 Å². The predicted octanol–water partition coefficient (Wildman–Crippen LogP) is 1.78. The predicted molar refractivity (Wildman–Crippen MR) is 60.2 cm³/mol. The van der Waals surface area contributed by atoms with Crippen LogP contribution >= 0.6 is 0 Å². The van der Waals surface area contributed by atoms with E-state index in [4.69, 9.17) is 0 Å². The quantitative estimate of drug-likeness (QED) is 0.695. The molecule has 2 aliphatic rings. The van der Waals surface area contributed by atoms with E-state index in [1.165, 1.54) is 17.7 Å². The van der Waals surface area contributed by atoms with Crippen LogP contribution in [0.4, 0.5) is 11.4 Å². The molecule has 0 aromatic heterocycles. The molecule has 0 spiro atoms. The summed E-state index contributed by atoms with van der Waals surface area (Å²) in [6, 6.07) is 6.20. The molecule has 3 heteroatoms. The molecule has 1 N–H and O–H groups in total. The summed E-state index contributed by atoms with van der Waals surface area (Å²) < 4.78 is 0. The van der Waals surface area contributed by atoms with Crippen molar-refractivity contribution in [2.75, 3.05) is 23.3 Å². The van der Waals surface area contributed by atoms with E-state index in [9.17, 15) is 4.79 Å². The van der Waals surface area contributed by atoms with E-state index in [0.717, 1.165) is 25.2 Å². The summed E-state index contributed by atoms with van der Waals surface area (Å²) in [5, 5.41) is 2.98. The Morgan fingerprint density at radius 1 is 1.20 bits per heavy atom. The van der Waals surface area contributed by atoms with Crippen LogP contribution in [0.2, 0.25) is 0 Å². The average Bonchev–Trinajstić information content (AvgIpc) is 2.41. The molecule has 0 aliphatic carbocycles. The highest BCUT2D eigenvalue weighted by Crippen LogP contribution is 2.35. The van der Waals surface area contributed by atoms with E-state index in [1.807, 2.05) is 12.1 Å². The number of carbonyl (C=O) groups is 1. The van der Waals surface area contributed by atoms with Gasteiger partial charge in [0.2, 0.25) is 5.91 Å². The van der Waals surface area contributed by atoms with Gasteiger partial charge in [0.15, 0.2) is 0 Å². The monoisotopic (exact) mass is 202 g/mol. The van der Waals surface area contributed by atoms with Crippen molar-refractivity contribution in [1.82, 2.24) is 0 Å². The first-order chi connectivity index (χ1) is 7.34. The molecule has 0 fully saturated rings. The minimum absolute atomic E-state index is 0.137. The number of hydrogen-bond donors (Lipinski definition) is 1. The Labute approximate surface area is 89.1 Å². The summed E-state index contributed by atoms with van der Waals surface area (Å²) in [6.07, 6.45) is 2.94. The van der Waals surface area contributed by atoms with Gasteiger partial charge in [-0.05, 0) is 24.5 Å². The molecule has 0 saturated heterocycles. The van der Waals surface area contributed by atoms with Crippen LogP contribution in [0.1, 0.15) is 18.4 Å². The number of benzene rings is 1. The van der Waals surface area contributed by atoms with Crippen LogP contribution in [0.5, 0.6) is 0 Å². The lowest BCUT2D eigenvalue weighted by atomic mass is 10.0.